The van der Waals surface area contributed by atoms with Crippen molar-refractivity contribution < 1.29 is 4.43 Å². The van der Waals surface area contributed by atoms with Gasteiger partial charge in [-0.05, 0) is 65.2 Å². The molecule has 0 aliphatic heterocycles. The van der Waals surface area contributed by atoms with Gasteiger partial charge in [0.2, 0.25) is 0 Å². The first-order valence-electron chi connectivity index (χ1n) is 8.33. The Kier molecular flexibility index (Phi) is 5.64. The molecule has 126 valence electrons. The normalized spacial score (nSPS) is 22.6. The van der Waals surface area contributed by atoms with Crippen LogP contribution in [-0.4, -0.2) is 14.4 Å². The third-order valence-corrected chi connectivity index (χ3v) is 11.0. The van der Waals surface area contributed by atoms with E-state index in [1.807, 2.05) is 0 Å². The van der Waals surface area contributed by atoms with Crippen molar-refractivity contribution >= 4 is 36.5 Å². The quantitative estimate of drug-likeness (QED) is 0.284. The third-order valence-electron chi connectivity index (χ3n) is 5.26. The first-order valence-corrected chi connectivity index (χ1v) is 12.3. The molecule has 1 aromatic rings. The highest BCUT2D eigenvalue weighted by molar-refractivity contribution is 14.1. The van der Waals surface area contributed by atoms with E-state index in [1.54, 1.807) is 0 Å². The van der Waals surface area contributed by atoms with Gasteiger partial charge in [-0.1, -0.05) is 63.3 Å². The molecule has 0 bridgehead atoms. The summed E-state index contributed by atoms with van der Waals surface area (Å²) in [5, 5.41) is 0.234. The van der Waals surface area contributed by atoms with Crippen LogP contribution in [0, 0.1) is 5.92 Å². The Morgan fingerprint density at radius 2 is 1.78 bits per heavy atom. The Bertz CT molecular complexity index is 610. The summed E-state index contributed by atoms with van der Waals surface area (Å²) in [6, 6.07) is 10.7. The summed E-state index contributed by atoms with van der Waals surface area (Å²) >= 11 is 2.51. The lowest BCUT2D eigenvalue weighted by Crippen LogP contribution is -2.43. The van der Waals surface area contributed by atoms with Crippen molar-refractivity contribution in [3.8, 4) is 0 Å². The topological polar surface area (TPSA) is 9.23 Å². The summed E-state index contributed by atoms with van der Waals surface area (Å²) in [6.07, 6.45) is 1.25. The first kappa shape index (κ1) is 18.9. The number of allylic oxidation sites excluding steroid dienone is 2. The van der Waals surface area contributed by atoms with Gasteiger partial charge in [-0.25, -0.2) is 0 Å². The molecule has 0 unspecified atom stereocenters. The maximum absolute atomic E-state index is 6.74. The Labute approximate surface area is 156 Å². The van der Waals surface area contributed by atoms with Gasteiger partial charge in [0.1, 0.15) is 0 Å². The van der Waals surface area contributed by atoms with Crippen molar-refractivity contribution in [2.24, 2.45) is 5.92 Å². The molecule has 0 heterocycles. The largest absolute Gasteiger partial charge is 0.409 e. The van der Waals surface area contributed by atoms with Crippen LogP contribution in [0.25, 0.3) is 5.57 Å². The van der Waals surface area contributed by atoms with Crippen molar-refractivity contribution in [3.05, 3.63) is 51.6 Å². The average Bonchev–Trinajstić information content (AvgIpc) is 2.75. The van der Waals surface area contributed by atoms with Gasteiger partial charge in [-0.2, -0.15) is 0 Å². The van der Waals surface area contributed by atoms with E-state index in [2.05, 4.69) is 100 Å². The van der Waals surface area contributed by atoms with Crippen LogP contribution in [0.2, 0.25) is 18.1 Å². The van der Waals surface area contributed by atoms with Crippen molar-refractivity contribution in [1.29, 1.82) is 0 Å². The molecule has 23 heavy (non-hydrogen) atoms. The van der Waals surface area contributed by atoms with Gasteiger partial charge in [-0.3, -0.25) is 0 Å². The SMILES string of the molecule is C=C(C)[C@H]1C[C@H](O[Si](C)(C)C(C)(C)C)C(I)=C1c1ccccc1. The van der Waals surface area contributed by atoms with Crippen LogP contribution in [0.5, 0.6) is 0 Å². The van der Waals surface area contributed by atoms with E-state index in [9.17, 15) is 0 Å². The highest BCUT2D eigenvalue weighted by Gasteiger charge is 2.43. The second kappa shape index (κ2) is 6.85. The van der Waals surface area contributed by atoms with E-state index in [-0.39, 0.29) is 11.1 Å². The standard InChI is InChI=1S/C20H29IOSi/c1-14(2)16-13-17(22-23(6,7)20(3,4)5)19(21)18(16)15-11-9-8-10-12-15/h8-12,16-17H,1,13H2,2-7H3/t16-,17+/m1/s1. The van der Waals surface area contributed by atoms with E-state index in [0.29, 0.717) is 5.92 Å². The summed E-state index contributed by atoms with van der Waals surface area (Å²) in [4.78, 5) is 0. The van der Waals surface area contributed by atoms with Gasteiger partial charge in [0.25, 0.3) is 0 Å². The monoisotopic (exact) mass is 440 g/mol. The van der Waals surface area contributed by atoms with Gasteiger partial charge in [-0.15, -0.1) is 0 Å². The third kappa shape index (κ3) is 3.99. The van der Waals surface area contributed by atoms with E-state index in [0.717, 1.165) is 6.42 Å². The number of benzene rings is 1. The van der Waals surface area contributed by atoms with Crippen molar-refractivity contribution in [3.63, 3.8) is 0 Å². The van der Waals surface area contributed by atoms with Crippen LogP contribution in [0.15, 0.2) is 46.1 Å². The molecule has 1 nitrogen and oxygen atoms in total. The second-order valence-corrected chi connectivity index (χ2v) is 14.0. The van der Waals surface area contributed by atoms with Gasteiger partial charge >= 0.3 is 0 Å². The number of hydrogen-bond donors (Lipinski definition) is 0. The minimum atomic E-state index is -1.78. The van der Waals surface area contributed by atoms with Crippen molar-refractivity contribution in [1.82, 2.24) is 0 Å². The van der Waals surface area contributed by atoms with E-state index < -0.39 is 8.32 Å². The van der Waals surface area contributed by atoms with Gasteiger partial charge in [0.15, 0.2) is 8.32 Å². The van der Waals surface area contributed by atoms with E-state index >= 15 is 0 Å². The summed E-state index contributed by atoms with van der Waals surface area (Å²) < 4.78 is 8.11. The van der Waals surface area contributed by atoms with E-state index in [4.69, 9.17) is 4.43 Å². The van der Waals surface area contributed by atoms with Gasteiger partial charge in [0.05, 0.1) is 6.10 Å². The molecule has 0 amide bonds. The summed E-state index contributed by atoms with van der Waals surface area (Å²) in [5.41, 5.74) is 3.97. The van der Waals surface area contributed by atoms with Crippen LogP contribution >= 0.6 is 22.6 Å². The highest BCUT2D eigenvalue weighted by atomic mass is 127. The molecule has 0 N–H and O–H groups in total. The van der Waals surface area contributed by atoms with Crippen molar-refractivity contribution in [2.45, 2.75) is 58.4 Å². The maximum Gasteiger partial charge on any atom is 0.192 e. The van der Waals surface area contributed by atoms with Crippen molar-refractivity contribution in [2.75, 3.05) is 0 Å². The molecule has 1 aliphatic carbocycles. The van der Waals surface area contributed by atoms with Crippen LogP contribution in [0.1, 0.15) is 39.7 Å². The first-order chi connectivity index (χ1) is 10.5. The Hall–Kier alpha value is -0.393. The fourth-order valence-electron chi connectivity index (χ4n) is 2.81. The van der Waals surface area contributed by atoms with Crippen LogP contribution < -0.4 is 0 Å². The van der Waals surface area contributed by atoms with Gasteiger partial charge in [0, 0.05) is 9.50 Å². The lowest BCUT2D eigenvalue weighted by Gasteiger charge is -2.38. The average molecular weight is 440 g/mol. The smallest absolute Gasteiger partial charge is 0.192 e. The molecule has 2 atom stereocenters. The summed E-state index contributed by atoms with van der Waals surface area (Å²) in [6.45, 7) is 18.0. The number of halogens is 1. The van der Waals surface area contributed by atoms with Crippen LogP contribution in [0.3, 0.4) is 0 Å². The Morgan fingerprint density at radius 3 is 2.26 bits per heavy atom. The molecule has 3 heteroatoms. The Morgan fingerprint density at radius 1 is 1.22 bits per heavy atom. The van der Waals surface area contributed by atoms with E-state index in [1.165, 1.54) is 20.3 Å². The molecule has 0 saturated carbocycles. The molecule has 0 radical (unpaired) electrons. The Balaban J connectivity index is 2.38. The summed E-state index contributed by atoms with van der Waals surface area (Å²) in [7, 11) is -1.78. The highest BCUT2D eigenvalue weighted by Crippen LogP contribution is 2.48. The zero-order valence-corrected chi connectivity index (χ0v) is 18.4. The molecule has 0 spiro atoms. The maximum atomic E-state index is 6.74. The lowest BCUT2D eigenvalue weighted by molar-refractivity contribution is 0.215. The van der Waals surface area contributed by atoms with Gasteiger partial charge < -0.3 is 4.43 Å². The van der Waals surface area contributed by atoms with Crippen LogP contribution in [-0.2, 0) is 4.43 Å². The number of rotatable bonds is 4. The molecule has 1 aliphatic rings. The minimum absolute atomic E-state index is 0.216. The molecular formula is C20H29IOSi. The zero-order chi connectivity index (χ0) is 17.4. The van der Waals surface area contributed by atoms with Crippen LogP contribution in [0.4, 0.5) is 0 Å². The molecule has 1 aromatic carbocycles. The zero-order valence-electron chi connectivity index (χ0n) is 15.2. The minimum Gasteiger partial charge on any atom is -0.409 e. The summed E-state index contributed by atoms with van der Waals surface area (Å²) in [5.74, 6) is 0.402. The lowest BCUT2D eigenvalue weighted by atomic mass is 9.90. The predicted molar refractivity (Wildman–Crippen MR) is 112 cm³/mol. The molecule has 2 rings (SSSR count). The second-order valence-electron chi connectivity index (χ2n) is 8.13. The fourth-order valence-corrected chi connectivity index (χ4v) is 5.40. The molecule has 0 fully saturated rings. The molecule has 0 aromatic heterocycles. The number of hydrogen-bond acceptors (Lipinski definition) is 1. The predicted octanol–water partition coefficient (Wildman–Crippen LogP) is 6.82. The fraction of sp³-hybridized carbons (Fsp3) is 0.500. The molecular weight excluding hydrogens is 411 g/mol. The molecule has 0 saturated heterocycles.